The number of rotatable bonds is 5. The summed E-state index contributed by atoms with van der Waals surface area (Å²) in [4.78, 5) is 4.29. The molecule has 1 aromatic heterocycles. The van der Waals surface area contributed by atoms with E-state index in [2.05, 4.69) is 17.2 Å². The standard InChI is InChI=1S/C13H16N2O2S/c1-9(13-14-4-5-18-13)15-10-6-11(16-2)8-12(7-10)17-3/h4-9,15H,1-3H3. The second-order valence-electron chi connectivity index (χ2n) is 3.84. The maximum Gasteiger partial charge on any atom is 0.124 e. The van der Waals surface area contributed by atoms with Gasteiger partial charge in [0.05, 0.1) is 20.3 Å². The molecule has 4 nitrogen and oxygen atoms in total. The topological polar surface area (TPSA) is 43.4 Å². The summed E-state index contributed by atoms with van der Waals surface area (Å²) < 4.78 is 10.5. The van der Waals surface area contributed by atoms with Crippen molar-refractivity contribution in [1.82, 2.24) is 4.98 Å². The van der Waals surface area contributed by atoms with Crippen LogP contribution in [0.1, 0.15) is 18.0 Å². The molecule has 0 spiro atoms. The van der Waals surface area contributed by atoms with Gasteiger partial charge in [-0.1, -0.05) is 0 Å². The SMILES string of the molecule is COc1cc(NC(C)c2nccs2)cc(OC)c1. The normalized spacial score (nSPS) is 11.9. The van der Waals surface area contributed by atoms with Gasteiger partial charge in [0.1, 0.15) is 16.5 Å². The molecule has 2 rings (SSSR count). The van der Waals surface area contributed by atoms with Crippen molar-refractivity contribution in [1.29, 1.82) is 0 Å². The summed E-state index contributed by atoms with van der Waals surface area (Å²) in [5.74, 6) is 1.53. The van der Waals surface area contributed by atoms with Crippen LogP contribution in [-0.4, -0.2) is 19.2 Å². The van der Waals surface area contributed by atoms with Crippen LogP contribution in [0.5, 0.6) is 11.5 Å². The second kappa shape index (κ2) is 5.73. The monoisotopic (exact) mass is 264 g/mol. The van der Waals surface area contributed by atoms with Crippen LogP contribution in [-0.2, 0) is 0 Å². The third kappa shape index (κ3) is 2.92. The highest BCUT2D eigenvalue weighted by molar-refractivity contribution is 7.09. The maximum absolute atomic E-state index is 5.24. The van der Waals surface area contributed by atoms with Crippen molar-refractivity contribution in [2.24, 2.45) is 0 Å². The first-order valence-electron chi connectivity index (χ1n) is 5.62. The van der Waals surface area contributed by atoms with Gasteiger partial charge < -0.3 is 14.8 Å². The minimum Gasteiger partial charge on any atom is -0.497 e. The zero-order valence-electron chi connectivity index (χ0n) is 10.6. The number of nitrogens with zero attached hydrogens (tertiary/aromatic N) is 1. The number of nitrogens with one attached hydrogen (secondary N) is 1. The Labute approximate surface area is 111 Å². The molecule has 1 atom stereocenters. The van der Waals surface area contributed by atoms with E-state index in [0.29, 0.717) is 0 Å². The molecule has 0 saturated heterocycles. The maximum atomic E-state index is 5.24. The summed E-state index contributed by atoms with van der Waals surface area (Å²) in [6.07, 6.45) is 1.81. The molecule has 0 saturated carbocycles. The summed E-state index contributed by atoms with van der Waals surface area (Å²) in [6.45, 7) is 2.07. The Morgan fingerprint density at radius 3 is 2.33 bits per heavy atom. The number of methoxy groups -OCH3 is 2. The fourth-order valence-corrected chi connectivity index (χ4v) is 2.30. The van der Waals surface area contributed by atoms with Crippen LogP contribution >= 0.6 is 11.3 Å². The lowest BCUT2D eigenvalue weighted by molar-refractivity contribution is 0.394. The lowest BCUT2D eigenvalue weighted by Gasteiger charge is -2.14. The summed E-state index contributed by atoms with van der Waals surface area (Å²) in [5.41, 5.74) is 0.953. The van der Waals surface area contributed by atoms with E-state index in [1.165, 1.54) is 0 Å². The minimum absolute atomic E-state index is 0.154. The smallest absolute Gasteiger partial charge is 0.124 e. The van der Waals surface area contributed by atoms with Crippen LogP contribution in [0.2, 0.25) is 0 Å². The average molecular weight is 264 g/mol. The fourth-order valence-electron chi connectivity index (χ4n) is 1.65. The van der Waals surface area contributed by atoms with Gasteiger partial charge in [-0.05, 0) is 6.92 Å². The summed E-state index contributed by atoms with van der Waals surface area (Å²) >= 11 is 1.63. The predicted molar refractivity (Wildman–Crippen MR) is 73.7 cm³/mol. The van der Waals surface area contributed by atoms with Crippen molar-refractivity contribution in [3.8, 4) is 11.5 Å². The lowest BCUT2D eigenvalue weighted by Crippen LogP contribution is -2.06. The van der Waals surface area contributed by atoms with E-state index in [9.17, 15) is 0 Å². The third-order valence-electron chi connectivity index (χ3n) is 2.56. The largest absolute Gasteiger partial charge is 0.497 e. The van der Waals surface area contributed by atoms with E-state index < -0.39 is 0 Å². The Morgan fingerprint density at radius 2 is 1.83 bits per heavy atom. The van der Waals surface area contributed by atoms with Crippen LogP contribution in [0, 0.1) is 0 Å². The molecule has 1 heterocycles. The van der Waals surface area contributed by atoms with Crippen LogP contribution in [0.3, 0.4) is 0 Å². The van der Waals surface area contributed by atoms with E-state index in [0.717, 1.165) is 22.2 Å². The molecule has 0 aliphatic carbocycles. The molecule has 18 heavy (non-hydrogen) atoms. The van der Waals surface area contributed by atoms with Crippen molar-refractivity contribution in [3.05, 3.63) is 34.8 Å². The molecule has 0 aliphatic rings. The first kappa shape index (κ1) is 12.7. The summed E-state index contributed by atoms with van der Waals surface area (Å²) in [6, 6.07) is 5.88. The summed E-state index contributed by atoms with van der Waals surface area (Å²) in [5, 5.41) is 6.41. The van der Waals surface area contributed by atoms with Gasteiger partial charge in [0.15, 0.2) is 0 Å². The van der Waals surface area contributed by atoms with Gasteiger partial charge in [0, 0.05) is 35.5 Å². The third-order valence-corrected chi connectivity index (χ3v) is 3.51. The number of aromatic nitrogens is 1. The van der Waals surface area contributed by atoms with E-state index in [1.807, 2.05) is 29.8 Å². The number of ether oxygens (including phenoxy) is 2. The van der Waals surface area contributed by atoms with Crippen LogP contribution in [0.4, 0.5) is 5.69 Å². The van der Waals surface area contributed by atoms with Gasteiger partial charge in [0.25, 0.3) is 0 Å². The van der Waals surface area contributed by atoms with E-state index in [-0.39, 0.29) is 6.04 Å². The molecule has 1 N–H and O–H groups in total. The quantitative estimate of drug-likeness (QED) is 0.899. The predicted octanol–water partition coefficient (Wildman–Crippen LogP) is 3.33. The molecule has 1 unspecified atom stereocenters. The zero-order valence-corrected chi connectivity index (χ0v) is 11.5. The van der Waals surface area contributed by atoms with Gasteiger partial charge >= 0.3 is 0 Å². The van der Waals surface area contributed by atoms with E-state index in [1.54, 1.807) is 25.6 Å². The highest BCUT2D eigenvalue weighted by atomic mass is 32.1. The van der Waals surface area contributed by atoms with Crippen molar-refractivity contribution < 1.29 is 9.47 Å². The second-order valence-corrected chi connectivity index (χ2v) is 4.76. The zero-order chi connectivity index (χ0) is 13.0. The van der Waals surface area contributed by atoms with E-state index in [4.69, 9.17) is 9.47 Å². The molecule has 2 aromatic rings. The molecule has 0 radical (unpaired) electrons. The van der Waals surface area contributed by atoms with Gasteiger partial charge in [-0.3, -0.25) is 0 Å². The Hall–Kier alpha value is -1.75. The molecule has 0 fully saturated rings. The van der Waals surface area contributed by atoms with Crippen molar-refractivity contribution in [2.75, 3.05) is 19.5 Å². The van der Waals surface area contributed by atoms with Crippen LogP contribution in [0.25, 0.3) is 0 Å². The lowest BCUT2D eigenvalue weighted by atomic mass is 10.2. The molecule has 96 valence electrons. The van der Waals surface area contributed by atoms with Gasteiger partial charge in [-0.2, -0.15) is 0 Å². The molecule has 0 bridgehead atoms. The van der Waals surface area contributed by atoms with Gasteiger partial charge in [-0.25, -0.2) is 4.98 Å². The van der Waals surface area contributed by atoms with Crippen molar-refractivity contribution in [3.63, 3.8) is 0 Å². The molecular weight excluding hydrogens is 248 g/mol. The molecule has 5 heteroatoms. The summed E-state index contributed by atoms with van der Waals surface area (Å²) in [7, 11) is 3.28. The van der Waals surface area contributed by atoms with Gasteiger partial charge in [0.2, 0.25) is 0 Å². The van der Waals surface area contributed by atoms with Crippen LogP contribution < -0.4 is 14.8 Å². The van der Waals surface area contributed by atoms with Crippen molar-refractivity contribution in [2.45, 2.75) is 13.0 Å². The van der Waals surface area contributed by atoms with Crippen LogP contribution in [0.15, 0.2) is 29.8 Å². The highest BCUT2D eigenvalue weighted by Gasteiger charge is 2.09. The Balaban J connectivity index is 2.17. The average Bonchev–Trinajstić information content (AvgIpc) is 2.92. The first-order chi connectivity index (χ1) is 8.72. The molecular formula is C13H16N2O2S. The number of benzene rings is 1. The number of anilines is 1. The number of hydrogen-bond acceptors (Lipinski definition) is 5. The molecule has 0 aliphatic heterocycles. The highest BCUT2D eigenvalue weighted by Crippen LogP contribution is 2.28. The van der Waals surface area contributed by atoms with E-state index >= 15 is 0 Å². The first-order valence-corrected chi connectivity index (χ1v) is 6.50. The molecule has 1 aromatic carbocycles. The Kier molecular flexibility index (Phi) is 4.04. The van der Waals surface area contributed by atoms with Gasteiger partial charge in [-0.15, -0.1) is 11.3 Å². The number of thiazole rings is 1. The fraction of sp³-hybridized carbons (Fsp3) is 0.308. The Bertz CT molecular complexity index is 477. The number of hydrogen-bond donors (Lipinski definition) is 1. The minimum atomic E-state index is 0.154. The Morgan fingerprint density at radius 1 is 1.17 bits per heavy atom. The van der Waals surface area contributed by atoms with Crippen molar-refractivity contribution >= 4 is 17.0 Å². The molecule has 0 amide bonds.